The van der Waals surface area contributed by atoms with Crippen LogP contribution in [0.2, 0.25) is 0 Å². The second kappa shape index (κ2) is 8.57. The zero-order valence-corrected chi connectivity index (χ0v) is 18.1. The molecule has 4 rings (SSSR count). The molecule has 0 spiro atoms. The fourth-order valence-corrected chi connectivity index (χ4v) is 4.31. The zero-order chi connectivity index (χ0) is 21.3. The summed E-state index contributed by atoms with van der Waals surface area (Å²) >= 11 is 1.50. The van der Waals surface area contributed by atoms with Gasteiger partial charge in [-0.25, -0.2) is 9.37 Å². The first-order valence-corrected chi connectivity index (χ1v) is 10.9. The van der Waals surface area contributed by atoms with Gasteiger partial charge in [0.2, 0.25) is 5.89 Å². The number of aryl methyl sites for hydroxylation is 1. The number of benzene rings is 1. The first-order valence-electron chi connectivity index (χ1n) is 9.97. The molecule has 3 aromatic rings. The number of anilines is 1. The Morgan fingerprint density at radius 3 is 2.73 bits per heavy atom. The molecule has 1 fully saturated rings. The van der Waals surface area contributed by atoms with Gasteiger partial charge in [-0.3, -0.25) is 4.79 Å². The molecule has 1 unspecified atom stereocenters. The summed E-state index contributed by atoms with van der Waals surface area (Å²) in [6, 6.07) is 8.20. The van der Waals surface area contributed by atoms with Crippen molar-refractivity contribution in [3.05, 3.63) is 58.5 Å². The average molecular weight is 429 g/mol. The van der Waals surface area contributed by atoms with E-state index in [1.54, 1.807) is 13.0 Å². The van der Waals surface area contributed by atoms with E-state index in [-0.39, 0.29) is 23.5 Å². The van der Waals surface area contributed by atoms with Gasteiger partial charge in [-0.05, 0) is 50.5 Å². The van der Waals surface area contributed by atoms with Crippen molar-refractivity contribution in [2.24, 2.45) is 0 Å². The van der Waals surface area contributed by atoms with Gasteiger partial charge in [-0.1, -0.05) is 6.07 Å². The summed E-state index contributed by atoms with van der Waals surface area (Å²) in [5.41, 5.74) is 1.96. The van der Waals surface area contributed by atoms with Gasteiger partial charge in [-0.2, -0.15) is 0 Å². The lowest BCUT2D eigenvalue weighted by molar-refractivity contribution is 0.0934. The lowest BCUT2D eigenvalue weighted by Gasteiger charge is -2.36. The number of rotatable bonds is 5. The van der Waals surface area contributed by atoms with E-state index < -0.39 is 0 Å². The molecule has 1 saturated heterocycles. The number of nitrogens with one attached hydrogen (secondary N) is 1. The van der Waals surface area contributed by atoms with Crippen molar-refractivity contribution in [2.45, 2.75) is 19.9 Å². The molecule has 1 atom stereocenters. The molecule has 1 N–H and O–H groups in total. The summed E-state index contributed by atoms with van der Waals surface area (Å²) in [6.45, 7) is 7.20. The molecule has 8 heteroatoms. The lowest BCUT2D eigenvalue weighted by Crippen LogP contribution is -2.45. The number of thiophene rings is 1. The number of hydrogen-bond donors (Lipinski definition) is 1. The minimum absolute atomic E-state index is 0.253. The van der Waals surface area contributed by atoms with Crippen LogP contribution in [0.4, 0.5) is 10.1 Å². The number of likely N-dealkylation sites (N-methyl/N-ethyl adjacent to an activating group) is 1. The fraction of sp³-hybridized carbons (Fsp3) is 0.364. The first kappa shape index (κ1) is 20.6. The van der Waals surface area contributed by atoms with Crippen molar-refractivity contribution in [2.75, 3.05) is 38.1 Å². The molecule has 1 amide bonds. The number of amides is 1. The van der Waals surface area contributed by atoms with Crippen molar-refractivity contribution in [3.8, 4) is 10.8 Å². The van der Waals surface area contributed by atoms with Crippen molar-refractivity contribution < 1.29 is 13.6 Å². The molecule has 1 aliphatic rings. The van der Waals surface area contributed by atoms with Gasteiger partial charge in [0.05, 0.1) is 10.9 Å². The summed E-state index contributed by atoms with van der Waals surface area (Å²) in [5.74, 6) is 0.243. The molecular weight excluding hydrogens is 403 g/mol. The Kier molecular flexibility index (Phi) is 5.87. The van der Waals surface area contributed by atoms with Crippen LogP contribution in [0.15, 0.2) is 40.1 Å². The van der Waals surface area contributed by atoms with E-state index >= 15 is 0 Å². The molecule has 158 valence electrons. The third kappa shape index (κ3) is 4.24. The smallest absolute Gasteiger partial charge is 0.274 e. The summed E-state index contributed by atoms with van der Waals surface area (Å²) in [7, 11) is 2.09. The Bertz CT molecular complexity index is 1030. The largest absolute Gasteiger partial charge is 0.440 e. The minimum atomic E-state index is -0.385. The molecule has 0 aliphatic carbocycles. The number of carbonyl (C=O) groups excluding carboxylic acids is 1. The predicted octanol–water partition coefficient (Wildman–Crippen LogP) is 4.09. The first-order chi connectivity index (χ1) is 14.4. The van der Waals surface area contributed by atoms with Gasteiger partial charge in [-0.15, -0.1) is 11.3 Å². The fourth-order valence-electron chi connectivity index (χ4n) is 3.66. The van der Waals surface area contributed by atoms with E-state index in [1.807, 2.05) is 24.4 Å². The summed E-state index contributed by atoms with van der Waals surface area (Å²) in [4.78, 5) is 22.7. The van der Waals surface area contributed by atoms with Crippen LogP contribution in [0, 0.1) is 12.7 Å². The molecule has 2 aromatic heterocycles. The predicted molar refractivity (Wildman–Crippen MR) is 117 cm³/mol. The van der Waals surface area contributed by atoms with E-state index in [0.717, 1.165) is 42.3 Å². The molecule has 1 aliphatic heterocycles. The Hall–Kier alpha value is -2.71. The van der Waals surface area contributed by atoms with E-state index in [2.05, 4.69) is 27.1 Å². The van der Waals surface area contributed by atoms with Gasteiger partial charge in [0.1, 0.15) is 11.6 Å². The van der Waals surface area contributed by atoms with E-state index in [1.165, 1.54) is 23.5 Å². The maximum absolute atomic E-state index is 14.1. The summed E-state index contributed by atoms with van der Waals surface area (Å²) in [5, 5.41) is 4.90. The Labute approximate surface area is 179 Å². The van der Waals surface area contributed by atoms with Crippen molar-refractivity contribution in [1.29, 1.82) is 0 Å². The van der Waals surface area contributed by atoms with E-state index in [4.69, 9.17) is 4.42 Å². The molecule has 6 nitrogen and oxygen atoms in total. The van der Waals surface area contributed by atoms with E-state index in [9.17, 15) is 9.18 Å². The van der Waals surface area contributed by atoms with Crippen molar-refractivity contribution in [1.82, 2.24) is 15.2 Å². The molecule has 0 bridgehead atoms. The molecule has 1 aromatic carbocycles. The zero-order valence-electron chi connectivity index (χ0n) is 17.3. The SMILES string of the molecule is Cc1oc(-c2cccs2)nc1C(=O)NC(C)c1cc(F)ccc1N1CCN(C)CC1. The van der Waals surface area contributed by atoms with Crippen molar-refractivity contribution in [3.63, 3.8) is 0 Å². The standard InChI is InChI=1S/C22H25FN4O2S/c1-14(17-13-16(23)6-7-18(17)27-10-8-26(3)9-11-27)24-21(28)20-15(2)29-22(25-20)19-5-4-12-30-19/h4-7,12-14H,8-11H2,1-3H3,(H,24,28). The highest BCUT2D eigenvalue weighted by molar-refractivity contribution is 7.13. The van der Waals surface area contributed by atoms with Crippen LogP contribution in [-0.2, 0) is 0 Å². The van der Waals surface area contributed by atoms with Gasteiger partial charge in [0.15, 0.2) is 5.69 Å². The van der Waals surface area contributed by atoms with Gasteiger partial charge in [0.25, 0.3) is 5.91 Å². The highest BCUT2D eigenvalue weighted by Crippen LogP contribution is 2.29. The van der Waals surface area contributed by atoms with Gasteiger partial charge >= 0.3 is 0 Å². The minimum Gasteiger partial charge on any atom is -0.440 e. The second-order valence-electron chi connectivity index (χ2n) is 7.59. The third-order valence-electron chi connectivity index (χ3n) is 5.39. The Morgan fingerprint density at radius 2 is 2.03 bits per heavy atom. The van der Waals surface area contributed by atoms with Crippen LogP contribution in [0.5, 0.6) is 0 Å². The van der Waals surface area contributed by atoms with E-state index in [0.29, 0.717) is 11.7 Å². The number of halogens is 1. The van der Waals surface area contributed by atoms with Gasteiger partial charge in [0, 0.05) is 37.4 Å². The number of carbonyl (C=O) groups is 1. The highest BCUT2D eigenvalue weighted by Gasteiger charge is 2.24. The van der Waals surface area contributed by atoms with Crippen LogP contribution >= 0.6 is 11.3 Å². The number of aromatic nitrogens is 1. The molecule has 0 saturated carbocycles. The monoisotopic (exact) mass is 428 g/mol. The van der Waals surface area contributed by atoms with Crippen LogP contribution in [0.1, 0.15) is 34.8 Å². The Morgan fingerprint density at radius 1 is 1.27 bits per heavy atom. The average Bonchev–Trinajstić information content (AvgIpc) is 3.38. The molecule has 3 heterocycles. The number of hydrogen-bond acceptors (Lipinski definition) is 6. The normalized spacial score (nSPS) is 15.9. The second-order valence-corrected chi connectivity index (χ2v) is 8.54. The van der Waals surface area contributed by atoms with Crippen LogP contribution in [0.3, 0.4) is 0 Å². The molecule has 0 radical (unpaired) electrons. The van der Waals surface area contributed by atoms with Crippen molar-refractivity contribution >= 4 is 22.9 Å². The summed E-state index contributed by atoms with van der Waals surface area (Å²) in [6.07, 6.45) is 0. The highest BCUT2D eigenvalue weighted by atomic mass is 32.1. The van der Waals surface area contributed by atoms with Gasteiger partial charge < -0.3 is 19.5 Å². The third-order valence-corrected chi connectivity index (χ3v) is 6.25. The number of oxazole rings is 1. The molecular formula is C22H25FN4O2S. The maximum Gasteiger partial charge on any atom is 0.274 e. The number of nitrogens with zero attached hydrogens (tertiary/aromatic N) is 3. The van der Waals surface area contributed by atoms with Crippen LogP contribution in [0.25, 0.3) is 10.8 Å². The van der Waals surface area contributed by atoms with Crippen LogP contribution in [-0.4, -0.2) is 49.0 Å². The number of piperazine rings is 1. The quantitative estimate of drug-likeness (QED) is 0.663. The topological polar surface area (TPSA) is 61.6 Å². The summed E-state index contributed by atoms with van der Waals surface area (Å²) < 4.78 is 19.7. The van der Waals surface area contributed by atoms with Crippen LogP contribution < -0.4 is 10.2 Å². The Balaban J connectivity index is 1.55. The molecule has 30 heavy (non-hydrogen) atoms. The maximum atomic E-state index is 14.1. The lowest BCUT2D eigenvalue weighted by atomic mass is 10.0.